The lowest BCUT2D eigenvalue weighted by Crippen LogP contribution is -2.04. The Balaban J connectivity index is 1.99. The van der Waals surface area contributed by atoms with Crippen molar-refractivity contribution in [2.24, 2.45) is 0 Å². The lowest BCUT2D eigenvalue weighted by molar-refractivity contribution is 0.325. The molecule has 0 saturated carbocycles. The molecule has 2 aromatic rings. The summed E-state index contributed by atoms with van der Waals surface area (Å²) in [6.45, 7) is 2.99. The fraction of sp³-hybridized carbons (Fsp3) is 0.300. The third-order valence-electron chi connectivity index (χ3n) is 2.12. The van der Waals surface area contributed by atoms with Crippen LogP contribution in [0.1, 0.15) is 12.5 Å². The van der Waals surface area contributed by atoms with E-state index in [1.165, 1.54) is 0 Å². The second-order valence-corrected chi connectivity index (χ2v) is 3.34. The van der Waals surface area contributed by atoms with Gasteiger partial charge < -0.3 is 15.8 Å². The molecule has 0 spiro atoms. The summed E-state index contributed by atoms with van der Waals surface area (Å²) < 4.78 is 5.25. The third-order valence-corrected chi connectivity index (χ3v) is 2.12. The van der Waals surface area contributed by atoms with Gasteiger partial charge in [-0.15, -0.1) is 0 Å². The summed E-state index contributed by atoms with van der Waals surface area (Å²) in [5.41, 5.74) is 6.55. The maximum atomic E-state index is 5.66. The maximum Gasteiger partial charge on any atom is 0.234 e. The van der Waals surface area contributed by atoms with Crippen molar-refractivity contribution >= 4 is 11.6 Å². The number of hydrogen-bond donors (Lipinski definition) is 3. The second kappa shape index (κ2) is 5.15. The maximum absolute atomic E-state index is 5.66. The molecule has 4 N–H and O–H groups in total. The van der Waals surface area contributed by atoms with Crippen molar-refractivity contribution in [3.05, 3.63) is 24.2 Å². The number of nitrogens with two attached hydrogens (primary N) is 1. The van der Waals surface area contributed by atoms with E-state index in [1.807, 2.05) is 6.92 Å². The first-order chi connectivity index (χ1) is 8.29. The zero-order valence-electron chi connectivity index (χ0n) is 9.47. The highest BCUT2D eigenvalue weighted by molar-refractivity contribution is 5.41. The summed E-state index contributed by atoms with van der Waals surface area (Å²) in [5.74, 6) is 1.68. The first-order valence-corrected chi connectivity index (χ1v) is 5.26. The molecule has 0 bridgehead atoms. The van der Waals surface area contributed by atoms with E-state index in [9.17, 15) is 0 Å². The highest BCUT2D eigenvalue weighted by Crippen LogP contribution is 2.12. The van der Waals surface area contributed by atoms with E-state index in [2.05, 4.69) is 25.5 Å². The number of nitrogens with zero attached hydrogens (tertiary/aromatic N) is 3. The van der Waals surface area contributed by atoms with Crippen LogP contribution in [0.4, 0.5) is 11.6 Å². The zero-order valence-corrected chi connectivity index (χ0v) is 9.47. The predicted molar refractivity (Wildman–Crippen MR) is 63.5 cm³/mol. The fourth-order valence-electron chi connectivity index (χ4n) is 1.30. The Morgan fingerprint density at radius 3 is 3.00 bits per heavy atom. The van der Waals surface area contributed by atoms with Crippen molar-refractivity contribution in [3.63, 3.8) is 0 Å². The van der Waals surface area contributed by atoms with Gasteiger partial charge in [-0.2, -0.15) is 10.1 Å². The highest BCUT2D eigenvalue weighted by Gasteiger charge is 2.02. The van der Waals surface area contributed by atoms with Gasteiger partial charge in [0.15, 0.2) is 0 Å². The minimum Gasteiger partial charge on any atom is -0.477 e. The van der Waals surface area contributed by atoms with E-state index in [0.29, 0.717) is 30.7 Å². The molecule has 0 aromatic carbocycles. The largest absolute Gasteiger partial charge is 0.477 e. The highest BCUT2D eigenvalue weighted by atomic mass is 16.5. The molecule has 0 aliphatic heterocycles. The van der Waals surface area contributed by atoms with E-state index < -0.39 is 0 Å². The van der Waals surface area contributed by atoms with Gasteiger partial charge in [0.2, 0.25) is 5.88 Å². The van der Waals surface area contributed by atoms with E-state index in [0.717, 1.165) is 5.56 Å². The van der Waals surface area contributed by atoms with E-state index in [-0.39, 0.29) is 0 Å². The average Bonchev–Trinajstić information content (AvgIpc) is 2.73. The third kappa shape index (κ3) is 2.83. The van der Waals surface area contributed by atoms with Crippen molar-refractivity contribution in [2.45, 2.75) is 13.5 Å². The molecule has 2 heterocycles. The van der Waals surface area contributed by atoms with Gasteiger partial charge in [-0.05, 0) is 6.92 Å². The normalized spacial score (nSPS) is 10.2. The van der Waals surface area contributed by atoms with Crippen LogP contribution < -0.4 is 15.8 Å². The van der Waals surface area contributed by atoms with Crippen LogP contribution >= 0.6 is 0 Å². The van der Waals surface area contributed by atoms with Crippen molar-refractivity contribution in [3.8, 4) is 5.88 Å². The molecular weight excluding hydrogens is 220 g/mol. The number of H-pyrrole nitrogens is 1. The van der Waals surface area contributed by atoms with E-state index in [4.69, 9.17) is 10.5 Å². The molecule has 0 saturated heterocycles. The minimum absolute atomic E-state index is 0.498. The molecule has 0 fully saturated rings. The number of ether oxygens (including phenoxy) is 1. The number of aromatic amines is 1. The average molecular weight is 234 g/mol. The molecule has 17 heavy (non-hydrogen) atoms. The summed E-state index contributed by atoms with van der Waals surface area (Å²) in [7, 11) is 0. The molecule has 90 valence electrons. The van der Waals surface area contributed by atoms with Gasteiger partial charge in [0, 0.05) is 12.1 Å². The van der Waals surface area contributed by atoms with Gasteiger partial charge in [-0.3, -0.25) is 10.1 Å². The summed E-state index contributed by atoms with van der Waals surface area (Å²) in [6, 6.07) is 0. The smallest absolute Gasteiger partial charge is 0.234 e. The molecule has 0 atom stereocenters. The van der Waals surface area contributed by atoms with Gasteiger partial charge in [0.1, 0.15) is 11.6 Å². The SMILES string of the molecule is CCOc1cncc(NCc2cn[nH]c2N)n1. The van der Waals surface area contributed by atoms with Crippen LogP contribution in [0.2, 0.25) is 0 Å². The minimum atomic E-state index is 0.498. The standard InChI is InChI=1S/C10H14N6O/c1-2-17-9-6-12-5-8(15-9)13-3-7-4-14-16-10(7)11/h4-6H,2-3H2,1H3,(H,13,15)(H3,11,14,16). The molecule has 2 aromatic heterocycles. The van der Waals surface area contributed by atoms with E-state index >= 15 is 0 Å². The van der Waals surface area contributed by atoms with Gasteiger partial charge in [-0.1, -0.05) is 0 Å². The van der Waals surface area contributed by atoms with Crippen molar-refractivity contribution < 1.29 is 4.74 Å². The number of anilines is 2. The second-order valence-electron chi connectivity index (χ2n) is 3.34. The van der Waals surface area contributed by atoms with Gasteiger partial charge >= 0.3 is 0 Å². The number of nitrogen functional groups attached to an aromatic ring is 1. The first-order valence-electron chi connectivity index (χ1n) is 5.26. The monoisotopic (exact) mass is 234 g/mol. The van der Waals surface area contributed by atoms with Crippen molar-refractivity contribution in [2.75, 3.05) is 17.7 Å². The van der Waals surface area contributed by atoms with Crippen LogP contribution in [0, 0.1) is 0 Å². The molecule has 0 unspecified atom stereocenters. The summed E-state index contributed by atoms with van der Waals surface area (Å²) in [5, 5.41) is 9.59. The molecule has 7 heteroatoms. The Morgan fingerprint density at radius 1 is 1.41 bits per heavy atom. The van der Waals surface area contributed by atoms with Crippen LogP contribution in [-0.4, -0.2) is 26.8 Å². The van der Waals surface area contributed by atoms with Gasteiger partial charge in [0.05, 0.1) is 25.2 Å². The summed E-state index contributed by atoms with van der Waals surface area (Å²) in [6.07, 6.45) is 4.86. The molecule has 0 aliphatic rings. The topological polar surface area (TPSA) is 102 Å². The molecule has 0 aliphatic carbocycles. The Bertz CT molecular complexity index is 483. The van der Waals surface area contributed by atoms with Gasteiger partial charge in [0.25, 0.3) is 0 Å². The molecule has 0 amide bonds. The number of nitrogens with one attached hydrogen (secondary N) is 2. The molecular formula is C10H14N6O. The van der Waals surface area contributed by atoms with Crippen LogP contribution in [0.5, 0.6) is 5.88 Å². The lowest BCUT2D eigenvalue weighted by Gasteiger charge is -2.06. The Hall–Kier alpha value is -2.31. The fourth-order valence-corrected chi connectivity index (χ4v) is 1.30. The quantitative estimate of drug-likeness (QED) is 0.707. The van der Waals surface area contributed by atoms with Gasteiger partial charge in [-0.25, -0.2) is 0 Å². The van der Waals surface area contributed by atoms with E-state index in [1.54, 1.807) is 18.6 Å². The number of rotatable bonds is 5. The van der Waals surface area contributed by atoms with Crippen LogP contribution in [0.3, 0.4) is 0 Å². The van der Waals surface area contributed by atoms with Crippen LogP contribution in [-0.2, 0) is 6.54 Å². The summed E-state index contributed by atoms with van der Waals surface area (Å²) >= 11 is 0. The van der Waals surface area contributed by atoms with Crippen molar-refractivity contribution in [1.29, 1.82) is 0 Å². The Morgan fingerprint density at radius 2 is 2.29 bits per heavy atom. The Kier molecular flexibility index (Phi) is 3.39. The lowest BCUT2D eigenvalue weighted by atomic mass is 10.3. The van der Waals surface area contributed by atoms with Crippen LogP contribution in [0.25, 0.3) is 0 Å². The predicted octanol–water partition coefficient (Wildman–Crippen LogP) is 0.793. The molecule has 7 nitrogen and oxygen atoms in total. The van der Waals surface area contributed by atoms with Crippen molar-refractivity contribution in [1.82, 2.24) is 20.2 Å². The zero-order chi connectivity index (χ0) is 12.1. The van der Waals surface area contributed by atoms with Crippen LogP contribution in [0.15, 0.2) is 18.6 Å². The first kappa shape index (κ1) is 11.2. The molecule has 0 radical (unpaired) electrons. The number of hydrogen-bond acceptors (Lipinski definition) is 6. The summed E-state index contributed by atoms with van der Waals surface area (Å²) in [4.78, 5) is 8.25. The number of aromatic nitrogens is 4. The molecule has 2 rings (SSSR count). The Labute approximate surface area is 98.4 Å².